The number of H-pyrrole nitrogens is 1. The molecule has 0 fully saturated rings. The van der Waals surface area contributed by atoms with Gasteiger partial charge in [0.05, 0.1) is 17.0 Å². The summed E-state index contributed by atoms with van der Waals surface area (Å²) < 4.78 is 6.59. The van der Waals surface area contributed by atoms with Crippen LogP contribution in [0.1, 0.15) is 11.4 Å². The van der Waals surface area contributed by atoms with Crippen molar-refractivity contribution in [2.45, 2.75) is 30.0 Å². The van der Waals surface area contributed by atoms with Gasteiger partial charge in [0.2, 0.25) is 0 Å². The Morgan fingerprint density at radius 2 is 2.12 bits per heavy atom. The summed E-state index contributed by atoms with van der Waals surface area (Å²) in [6.07, 6.45) is 3.23. The number of thiol groups is 1. The summed E-state index contributed by atoms with van der Waals surface area (Å²) in [5.74, 6) is -1.84. The average molecular weight is 354 g/mol. The highest BCUT2D eigenvalue weighted by Gasteiger charge is 2.23. The van der Waals surface area contributed by atoms with Crippen LogP contribution in [0, 0.1) is 0 Å². The standard InChI is InChI=1S/C13H18N6O4S/c1-19-10(24)9(3-7(14)11(20)21)18-13(19)23-12(22)8(15)2-6-4-16-5-17-6/h4-5,7-8,24H,2-3,14-15H2,1H3,(H,16,17)(H,20,21)/t7-,8-/m0/s1. The number of carbonyl (C=O) groups excluding carboxylic acids is 1. The maximum atomic E-state index is 12.1. The number of hydrogen-bond acceptors (Lipinski definition) is 8. The number of imidazole rings is 2. The van der Waals surface area contributed by atoms with E-state index < -0.39 is 24.0 Å². The molecule has 2 rings (SSSR count). The largest absolute Gasteiger partial charge is 0.480 e. The van der Waals surface area contributed by atoms with Gasteiger partial charge < -0.3 is 26.3 Å². The van der Waals surface area contributed by atoms with Gasteiger partial charge in [0.25, 0.3) is 0 Å². The molecular formula is C13H18N6O4S. The number of aromatic nitrogens is 4. The summed E-state index contributed by atoms with van der Waals surface area (Å²) in [7, 11) is 1.58. The zero-order valence-corrected chi connectivity index (χ0v) is 13.7. The van der Waals surface area contributed by atoms with E-state index in [4.69, 9.17) is 21.3 Å². The van der Waals surface area contributed by atoms with Gasteiger partial charge in [0.1, 0.15) is 12.1 Å². The fraction of sp³-hybridized carbons (Fsp3) is 0.385. The molecule has 0 aromatic carbocycles. The van der Waals surface area contributed by atoms with Gasteiger partial charge in [-0.15, -0.1) is 12.6 Å². The lowest BCUT2D eigenvalue weighted by molar-refractivity contribution is -0.138. The SMILES string of the molecule is Cn1c(OC(=O)[C@@H](N)Cc2cnc[nH]2)nc(C[C@H](N)C(=O)O)c1S. The molecule has 0 aliphatic carbocycles. The van der Waals surface area contributed by atoms with Gasteiger partial charge in [-0.25, -0.2) is 9.78 Å². The maximum Gasteiger partial charge on any atom is 0.331 e. The summed E-state index contributed by atoms with van der Waals surface area (Å²) in [6.45, 7) is 0. The molecule has 0 radical (unpaired) electrons. The van der Waals surface area contributed by atoms with E-state index >= 15 is 0 Å². The zero-order chi connectivity index (χ0) is 17.9. The summed E-state index contributed by atoms with van der Waals surface area (Å²) in [5.41, 5.74) is 12.3. The molecule has 130 valence electrons. The first-order valence-corrected chi connectivity index (χ1v) is 7.41. The Labute approximate surface area is 142 Å². The maximum absolute atomic E-state index is 12.1. The Bertz CT molecular complexity index is 729. The van der Waals surface area contributed by atoms with Crippen molar-refractivity contribution in [3.63, 3.8) is 0 Å². The Balaban J connectivity index is 2.06. The molecule has 0 saturated carbocycles. The molecule has 2 aromatic heterocycles. The van der Waals surface area contributed by atoms with Crippen molar-refractivity contribution in [2.24, 2.45) is 18.5 Å². The van der Waals surface area contributed by atoms with Crippen molar-refractivity contribution in [3.8, 4) is 6.01 Å². The van der Waals surface area contributed by atoms with E-state index in [9.17, 15) is 9.59 Å². The lowest BCUT2D eigenvalue weighted by Crippen LogP contribution is -2.36. The van der Waals surface area contributed by atoms with Crippen molar-refractivity contribution in [2.75, 3.05) is 0 Å². The number of carbonyl (C=O) groups is 2. The zero-order valence-electron chi connectivity index (χ0n) is 12.8. The number of nitrogens with zero attached hydrogens (tertiary/aromatic N) is 3. The Morgan fingerprint density at radius 3 is 2.71 bits per heavy atom. The number of nitrogens with one attached hydrogen (secondary N) is 1. The van der Waals surface area contributed by atoms with Crippen LogP contribution in [0.15, 0.2) is 17.6 Å². The second-order valence-corrected chi connectivity index (χ2v) is 5.60. The third-order valence-electron chi connectivity index (χ3n) is 3.31. The number of rotatable bonds is 7. The first-order valence-electron chi connectivity index (χ1n) is 6.97. The molecule has 6 N–H and O–H groups in total. The molecule has 0 aliphatic heterocycles. The van der Waals surface area contributed by atoms with Crippen LogP contribution in [0.25, 0.3) is 0 Å². The lowest BCUT2D eigenvalue weighted by atomic mass is 10.2. The molecular weight excluding hydrogens is 336 g/mol. The average Bonchev–Trinajstić information content (AvgIpc) is 3.12. The number of aliphatic carboxylic acids is 1. The molecule has 2 aromatic rings. The molecule has 2 heterocycles. The molecule has 0 spiro atoms. The predicted octanol–water partition coefficient (Wildman–Crippen LogP) is -1.14. The van der Waals surface area contributed by atoms with Crippen LogP contribution in [-0.2, 0) is 29.5 Å². The molecule has 0 saturated heterocycles. The van der Waals surface area contributed by atoms with E-state index in [2.05, 4.69) is 27.6 Å². The Morgan fingerprint density at radius 1 is 1.42 bits per heavy atom. The van der Waals surface area contributed by atoms with Crippen molar-refractivity contribution >= 4 is 24.6 Å². The summed E-state index contributed by atoms with van der Waals surface area (Å²) in [6, 6.07) is -2.06. The van der Waals surface area contributed by atoms with Crippen molar-refractivity contribution in [1.82, 2.24) is 19.5 Å². The van der Waals surface area contributed by atoms with Crippen LogP contribution in [0.5, 0.6) is 6.01 Å². The third kappa shape index (κ3) is 4.13. The Kier molecular flexibility index (Phi) is 5.59. The number of carboxylic acids is 1. The molecule has 24 heavy (non-hydrogen) atoms. The van der Waals surface area contributed by atoms with Crippen molar-refractivity contribution in [3.05, 3.63) is 23.9 Å². The minimum atomic E-state index is -1.16. The number of carboxylic acid groups (broad SMARTS) is 1. The summed E-state index contributed by atoms with van der Waals surface area (Å²) in [4.78, 5) is 33.7. The topological polar surface area (TPSA) is 162 Å². The van der Waals surface area contributed by atoms with Crippen LogP contribution < -0.4 is 16.2 Å². The van der Waals surface area contributed by atoms with Crippen LogP contribution in [-0.4, -0.2) is 48.6 Å². The molecule has 10 nitrogen and oxygen atoms in total. The number of ether oxygens (including phenoxy) is 1. The number of nitrogens with two attached hydrogens (primary N) is 2. The minimum absolute atomic E-state index is 0.0300. The number of esters is 1. The Hall–Kier alpha value is -2.37. The highest BCUT2D eigenvalue weighted by atomic mass is 32.1. The van der Waals surface area contributed by atoms with Crippen molar-refractivity contribution in [1.29, 1.82) is 0 Å². The molecule has 0 amide bonds. The van der Waals surface area contributed by atoms with E-state index in [0.717, 1.165) is 0 Å². The highest BCUT2D eigenvalue weighted by molar-refractivity contribution is 7.80. The first kappa shape index (κ1) is 18.0. The highest BCUT2D eigenvalue weighted by Crippen LogP contribution is 2.21. The van der Waals surface area contributed by atoms with E-state index in [-0.39, 0.29) is 18.9 Å². The van der Waals surface area contributed by atoms with E-state index in [1.165, 1.54) is 10.9 Å². The molecule has 0 bridgehead atoms. The van der Waals surface area contributed by atoms with Crippen LogP contribution in [0.4, 0.5) is 0 Å². The van der Waals surface area contributed by atoms with Gasteiger partial charge in [-0.3, -0.25) is 9.36 Å². The molecule has 11 heteroatoms. The van der Waals surface area contributed by atoms with E-state index in [1.807, 2.05) is 0 Å². The van der Waals surface area contributed by atoms with Crippen LogP contribution in [0.3, 0.4) is 0 Å². The van der Waals surface area contributed by atoms with Crippen LogP contribution >= 0.6 is 12.6 Å². The van der Waals surface area contributed by atoms with Gasteiger partial charge in [0, 0.05) is 31.8 Å². The minimum Gasteiger partial charge on any atom is -0.480 e. The van der Waals surface area contributed by atoms with Gasteiger partial charge >= 0.3 is 17.9 Å². The third-order valence-corrected chi connectivity index (χ3v) is 3.87. The van der Waals surface area contributed by atoms with Gasteiger partial charge in [-0.2, -0.15) is 4.98 Å². The van der Waals surface area contributed by atoms with E-state index in [0.29, 0.717) is 16.4 Å². The fourth-order valence-corrected chi connectivity index (χ4v) is 2.16. The predicted molar refractivity (Wildman–Crippen MR) is 85.7 cm³/mol. The monoisotopic (exact) mass is 354 g/mol. The van der Waals surface area contributed by atoms with Crippen molar-refractivity contribution < 1.29 is 19.4 Å². The smallest absolute Gasteiger partial charge is 0.331 e. The summed E-state index contributed by atoms with van der Waals surface area (Å²) >= 11 is 4.24. The van der Waals surface area contributed by atoms with E-state index in [1.54, 1.807) is 13.2 Å². The molecule has 2 atom stereocenters. The number of aromatic amines is 1. The van der Waals surface area contributed by atoms with Crippen LogP contribution in [0.2, 0.25) is 0 Å². The fourth-order valence-electron chi connectivity index (χ4n) is 1.93. The molecule has 0 unspecified atom stereocenters. The quantitative estimate of drug-likeness (QED) is 0.308. The number of hydrogen-bond donors (Lipinski definition) is 5. The van der Waals surface area contributed by atoms with Gasteiger partial charge in [-0.1, -0.05) is 0 Å². The van der Waals surface area contributed by atoms with Gasteiger partial charge in [-0.05, 0) is 0 Å². The summed E-state index contributed by atoms with van der Waals surface area (Å²) in [5, 5.41) is 9.21. The normalized spacial score (nSPS) is 13.5. The van der Waals surface area contributed by atoms with Gasteiger partial charge in [0.15, 0.2) is 0 Å². The second kappa shape index (κ2) is 7.47. The second-order valence-electron chi connectivity index (χ2n) is 5.18. The first-order chi connectivity index (χ1) is 11.3. The lowest BCUT2D eigenvalue weighted by Gasteiger charge is -2.09. The molecule has 0 aliphatic rings.